The van der Waals surface area contributed by atoms with E-state index in [9.17, 15) is 4.79 Å². The Hall–Kier alpha value is -1.29. The molecule has 0 saturated heterocycles. The van der Waals surface area contributed by atoms with E-state index >= 15 is 0 Å². The Kier molecular flexibility index (Phi) is 5.22. The maximum absolute atomic E-state index is 10.3. The smallest absolute Gasteiger partial charge is 0.161 e. The zero-order chi connectivity index (χ0) is 12.8. The monoisotopic (exact) mass is 250 g/mol. The summed E-state index contributed by atoms with van der Waals surface area (Å²) in [7, 11) is 1.86. The van der Waals surface area contributed by atoms with Gasteiger partial charge >= 0.3 is 0 Å². The first-order chi connectivity index (χ1) is 8.07. The number of carbonyl (C=O) groups excluding carboxylic acids is 1. The van der Waals surface area contributed by atoms with Crippen molar-refractivity contribution < 1.29 is 4.79 Å². The summed E-state index contributed by atoms with van der Waals surface area (Å²) in [6, 6.07) is 8.06. The summed E-state index contributed by atoms with van der Waals surface area (Å²) in [6.07, 6.45) is 0.821. The Labute approximate surface area is 107 Å². The average molecular weight is 250 g/mol. The highest BCUT2D eigenvalue weighted by Gasteiger charge is 2.13. The molecule has 0 heterocycles. The zero-order valence-electron chi connectivity index (χ0n) is 10.4. The minimum atomic E-state index is 0.326. The topological polar surface area (TPSA) is 44.2 Å². The maximum atomic E-state index is 10.3. The number of nitrogens with one attached hydrogen (secondary N) is 1. The fourth-order valence-electron chi connectivity index (χ4n) is 1.60. The van der Waals surface area contributed by atoms with Gasteiger partial charge in [0.05, 0.1) is 5.75 Å². The lowest BCUT2D eigenvalue weighted by atomic mass is 10.0. The fraction of sp³-hybridized carbons (Fsp3) is 0.385. The van der Waals surface area contributed by atoms with Crippen LogP contribution < -0.4 is 4.90 Å². The first-order valence-corrected chi connectivity index (χ1v) is 6.54. The van der Waals surface area contributed by atoms with Gasteiger partial charge in [-0.25, -0.2) is 0 Å². The molecule has 0 aliphatic rings. The molecule has 4 heteroatoms. The minimum Gasteiger partial charge on any atom is -0.324 e. The molecule has 1 aromatic rings. The van der Waals surface area contributed by atoms with Crippen molar-refractivity contribution in [2.75, 3.05) is 17.7 Å². The van der Waals surface area contributed by atoms with Crippen molar-refractivity contribution in [3.8, 4) is 0 Å². The predicted octanol–water partition coefficient (Wildman–Crippen LogP) is 3.11. The van der Waals surface area contributed by atoms with E-state index in [1.165, 1.54) is 17.3 Å². The van der Waals surface area contributed by atoms with Gasteiger partial charge < -0.3 is 9.69 Å². The van der Waals surface area contributed by atoms with Crippen LogP contribution in [0.25, 0.3) is 0 Å². The van der Waals surface area contributed by atoms with E-state index in [0.29, 0.717) is 16.8 Å². The minimum absolute atomic E-state index is 0.326. The van der Waals surface area contributed by atoms with Gasteiger partial charge in [-0.1, -0.05) is 43.8 Å². The van der Waals surface area contributed by atoms with Crippen LogP contribution in [-0.2, 0) is 4.79 Å². The molecule has 0 aliphatic heterocycles. The van der Waals surface area contributed by atoms with Crippen LogP contribution in [0.4, 0.5) is 5.69 Å². The van der Waals surface area contributed by atoms with Gasteiger partial charge in [-0.15, -0.1) is 0 Å². The first-order valence-electron chi connectivity index (χ1n) is 5.55. The Morgan fingerprint density at radius 2 is 2.12 bits per heavy atom. The number of anilines is 1. The number of para-hydroxylation sites is 1. The van der Waals surface area contributed by atoms with E-state index in [-0.39, 0.29) is 0 Å². The number of aldehydes is 1. The number of nitrogens with zero attached hydrogens (tertiary/aromatic N) is 1. The standard InChI is InChI=1S/C13H18N2OS/c1-10(2)11-6-4-5-7-12(11)15(3)13(14)17-9-8-16/h4-8,10,14H,9H2,1-3H3. The van der Waals surface area contributed by atoms with Gasteiger partial charge in [0.15, 0.2) is 5.17 Å². The van der Waals surface area contributed by atoms with Gasteiger partial charge in [0.25, 0.3) is 0 Å². The molecule has 0 atom stereocenters. The summed E-state index contributed by atoms with van der Waals surface area (Å²) in [4.78, 5) is 12.1. The van der Waals surface area contributed by atoms with E-state index in [4.69, 9.17) is 5.41 Å². The summed E-state index contributed by atoms with van der Waals surface area (Å²) < 4.78 is 0. The van der Waals surface area contributed by atoms with Gasteiger partial charge in [-0.05, 0) is 17.5 Å². The van der Waals surface area contributed by atoms with E-state index in [1.807, 2.05) is 30.1 Å². The average Bonchev–Trinajstić information content (AvgIpc) is 2.34. The molecule has 92 valence electrons. The quantitative estimate of drug-likeness (QED) is 0.507. The first kappa shape index (κ1) is 13.8. The Morgan fingerprint density at radius 1 is 1.47 bits per heavy atom. The molecule has 3 nitrogen and oxygen atoms in total. The highest BCUT2D eigenvalue weighted by Crippen LogP contribution is 2.27. The summed E-state index contributed by atoms with van der Waals surface area (Å²) in [6.45, 7) is 4.27. The number of hydrogen-bond acceptors (Lipinski definition) is 3. The Balaban J connectivity index is 2.91. The number of carbonyl (C=O) groups is 1. The highest BCUT2D eigenvalue weighted by molar-refractivity contribution is 8.14. The van der Waals surface area contributed by atoms with Crippen LogP contribution in [0, 0.1) is 5.41 Å². The third-order valence-electron chi connectivity index (χ3n) is 2.51. The molecular formula is C13H18N2OS. The zero-order valence-corrected chi connectivity index (χ0v) is 11.3. The lowest BCUT2D eigenvalue weighted by Crippen LogP contribution is -2.24. The largest absolute Gasteiger partial charge is 0.324 e. The third kappa shape index (κ3) is 3.60. The van der Waals surface area contributed by atoms with E-state index in [0.717, 1.165) is 12.0 Å². The lowest BCUT2D eigenvalue weighted by Gasteiger charge is -2.23. The van der Waals surface area contributed by atoms with Gasteiger partial charge in [0, 0.05) is 12.7 Å². The molecular weight excluding hydrogens is 232 g/mol. The van der Waals surface area contributed by atoms with Gasteiger partial charge in [-0.3, -0.25) is 5.41 Å². The van der Waals surface area contributed by atoms with E-state index in [1.54, 1.807) is 0 Å². The van der Waals surface area contributed by atoms with Crippen LogP contribution in [0.3, 0.4) is 0 Å². The molecule has 0 aromatic heterocycles. The number of rotatable bonds is 4. The van der Waals surface area contributed by atoms with Crippen LogP contribution in [0.15, 0.2) is 24.3 Å². The molecule has 0 saturated carbocycles. The summed E-state index contributed by atoms with van der Waals surface area (Å²) in [5.41, 5.74) is 2.25. The molecule has 1 N–H and O–H groups in total. The number of thioether (sulfide) groups is 1. The van der Waals surface area contributed by atoms with Crippen molar-refractivity contribution in [1.29, 1.82) is 5.41 Å². The third-order valence-corrected chi connectivity index (χ3v) is 3.36. The number of hydrogen-bond donors (Lipinski definition) is 1. The fourth-order valence-corrected chi connectivity index (χ4v) is 2.12. The van der Waals surface area contributed by atoms with Crippen LogP contribution >= 0.6 is 11.8 Å². The molecule has 0 amide bonds. The summed E-state index contributed by atoms with van der Waals surface area (Å²) in [5, 5.41) is 8.30. The molecule has 0 radical (unpaired) electrons. The lowest BCUT2D eigenvalue weighted by molar-refractivity contribution is -0.105. The second-order valence-corrected chi connectivity index (χ2v) is 5.06. The van der Waals surface area contributed by atoms with Crippen molar-refractivity contribution in [1.82, 2.24) is 0 Å². The molecule has 1 aromatic carbocycles. The molecule has 17 heavy (non-hydrogen) atoms. The molecule has 0 bridgehead atoms. The maximum Gasteiger partial charge on any atom is 0.161 e. The molecule has 0 fully saturated rings. The second kappa shape index (κ2) is 6.45. The Morgan fingerprint density at radius 3 is 2.71 bits per heavy atom. The van der Waals surface area contributed by atoms with Gasteiger partial charge in [0.2, 0.25) is 0 Å². The molecule has 0 unspecified atom stereocenters. The number of benzene rings is 1. The van der Waals surface area contributed by atoms with Crippen molar-refractivity contribution in [2.45, 2.75) is 19.8 Å². The Bertz CT molecular complexity index is 404. The van der Waals surface area contributed by atoms with Crippen molar-refractivity contribution in [3.63, 3.8) is 0 Å². The van der Waals surface area contributed by atoms with Crippen LogP contribution in [-0.4, -0.2) is 24.3 Å². The van der Waals surface area contributed by atoms with E-state index < -0.39 is 0 Å². The second-order valence-electron chi connectivity index (χ2n) is 4.06. The van der Waals surface area contributed by atoms with Crippen molar-refractivity contribution >= 4 is 28.9 Å². The van der Waals surface area contributed by atoms with Gasteiger partial charge in [-0.2, -0.15) is 0 Å². The predicted molar refractivity (Wildman–Crippen MR) is 75.2 cm³/mol. The van der Waals surface area contributed by atoms with Gasteiger partial charge in [0.1, 0.15) is 6.29 Å². The van der Waals surface area contributed by atoms with Crippen LogP contribution in [0.2, 0.25) is 0 Å². The van der Waals surface area contributed by atoms with E-state index in [2.05, 4.69) is 19.9 Å². The SMILES string of the molecule is CC(C)c1ccccc1N(C)C(=N)SCC=O. The molecule has 0 aliphatic carbocycles. The number of amidine groups is 1. The van der Waals surface area contributed by atoms with Crippen LogP contribution in [0.5, 0.6) is 0 Å². The summed E-state index contributed by atoms with van der Waals surface area (Å²) in [5.74, 6) is 0.741. The van der Waals surface area contributed by atoms with Crippen molar-refractivity contribution in [3.05, 3.63) is 29.8 Å². The highest BCUT2D eigenvalue weighted by atomic mass is 32.2. The molecule has 1 rings (SSSR count). The summed E-state index contributed by atoms with van der Waals surface area (Å²) >= 11 is 1.24. The normalized spacial score (nSPS) is 10.4. The molecule has 0 spiro atoms. The van der Waals surface area contributed by atoms with Crippen LogP contribution in [0.1, 0.15) is 25.3 Å². The van der Waals surface area contributed by atoms with Crippen molar-refractivity contribution in [2.24, 2.45) is 0 Å².